The molecule has 0 aliphatic carbocycles. The molecule has 0 aromatic heterocycles. The maximum absolute atomic E-state index is 8.63. The molecule has 0 aromatic carbocycles. The van der Waals surface area contributed by atoms with Gasteiger partial charge in [0.15, 0.2) is 0 Å². The van der Waals surface area contributed by atoms with E-state index in [1.54, 1.807) is 0 Å². The first kappa shape index (κ1) is 8.50. The highest BCUT2D eigenvalue weighted by Gasteiger charge is 1.88. The second kappa shape index (κ2) is 5.63. The van der Waals surface area contributed by atoms with Crippen LogP contribution in [0.1, 0.15) is 25.7 Å². The van der Waals surface area contributed by atoms with Crippen molar-refractivity contribution < 1.29 is 5.11 Å². The van der Waals surface area contributed by atoms with E-state index >= 15 is 0 Å². The van der Waals surface area contributed by atoms with Crippen molar-refractivity contribution in [2.24, 2.45) is 5.73 Å². The third-order valence-corrected chi connectivity index (χ3v) is 1.17. The highest BCUT2D eigenvalue weighted by atomic mass is 16.3. The van der Waals surface area contributed by atoms with E-state index in [2.05, 4.69) is 6.58 Å². The summed E-state index contributed by atoms with van der Waals surface area (Å²) in [5.41, 5.74) is 5.26. The minimum atomic E-state index is 0.284. The molecule has 0 fully saturated rings. The van der Waals surface area contributed by atoms with Gasteiger partial charge in [0.25, 0.3) is 0 Å². The summed E-state index contributed by atoms with van der Waals surface area (Å²) in [5.74, 6) is 0.284. The molecular formula is C7H15NO. The van der Waals surface area contributed by atoms with Gasteiger partial charge in [0.1, 0.15) is 0 Å². The summed E-state index contributed by atoms with van der Waals surface area (Å²) in [7, 11) is 0. The molecule has 0 unspecified atom stereocenters. The Bertz CT molecular complexity index is 81.0. The van der Waals surface area contributed by atoms with Gasteiger partial charge in [-0.05, 0) is 19.4 Å². The minimum absolute atomic E-state index is 0.284. The van der Waals surface area contributed by atoms with Crippen LogP contribution in [0.3, 0.4) is 0 Å². The lowest BCUT2D eigenvalue weighted by Gasteiger charge is -1.96. The fourth-order valence-electron chi connectivity index (χ4n) is 0.650. The summed E-state index contributed by atoms with van der Waals surface area (Å²) >= 11 is 0. The molecule has 0 saturated heterocycles. The van der Waals surface area contributed by atoms with Crippen molar-refractivity contribution in [1.82, 2.24) is 0 Å². The van der Waals surface area contributed by atoms with Crippen LogP contribution in [0.4, 0.5) is 0 Å². The van der Waals surface area contributed by atoms with Gasteiger partial charge >= 0.3 is 0 Å². The van der Waals surface area contributed by atoms with Gasteiger partial charge in [0.2, 0.25) is 0 Å². The summed E-state index contributed by atoms with van der Waals surface area (Å²) < 4.78 is 0. The molecule has 0 aliphatic heterocycles. The lowest BCUT2D eigenvalue weighted by Crippen LogP contribution is -1.97. The van der Waals surface area contributed by atoms with Gasteiger partial charge < -0.3 is 10.8 Å². The van der Waals surface area contributed by atoms with Gasteiger partial charge in [0, 0.05) is 6.42 Å². The predicted molar refractivity (Wildman–Crippen MR) is 39.3 cm³/mol. The molecule has 0 radical (unpaired) electrons. The lowest BCUT2D eigenvalue weighted by atomic mass is 10.2. The standard InChI is InChI=1S/C7H15NO/c1-7(9)5-3-2-4-6-8/h9H,1-6,8H2. The number of hydrogen-bond acceptors (Lipinski definition) is 2. The molecule has 0 amide bonds. The summed E-state index contributed by atoms with van der Waals surface area (Å²) in [5, 5.41) is 8.63. The second-order valence-electron chi connectivity index (χ2n) is 2.17. The summed E-state index contributed by atoms with van der Waals surface area (Å²) in [6.45, 7) is 4.12. The zero-order valence-corrected chi connectivity index (χ0v) is 5.77. The highest BCUT2D eigenvalue weighted by Crippen LogP contribution is 2.02. The van der Waals surface area contributed by atoms with Crippen molar-refractivity contribution in [3.05, 3.63) is 12.3 Å². The molecule has 0 aliphatic rings. The number of aliphatic hydroxyl groups is 1. The molecule has 0 aromatic rings. The van der Waals surface area contributed by atoms with E-state index in [4.69, 9.17) is 10.8 Å². The molecule has 2 heteroatoms. The number of aliphatic hydroxyl groups excluding tert-OH is 1. The van der Waals surface area contributed by atoms with Gasteiger partial charge in [-0.25, -0.2) is 0 Å². The average Bonchev–Trinajstić information content (AvgIpc) is 1.80. The van der Waals surface area contributed by atoms with Crippen LogP contribution in [0.5, 0.6) is 0 Å². The smallest absolute Gasteiger partial charge is 0.0851 e. The number of nitrogens with two attached hydrogens (primary N) is 1. The van der Waals surface area contributed by atoms with Gasteiger partial charge in [0.05, 0.1) is 5.76 Å². The molecule has 3 N–H and O–H groups in total. The Morgan fingerprint density at radius 1 is 1.33 bits per heavy atom. The monoisotopic (exact) mass is 129 g/mol. The van der Waals surface area contributed by atoms with E-state index in [0.717, 1.165) is 32.2 Å². The first-order chi connectivity index (χ1) is 4.27. The Morgan fingerprint density at radius 2 is 2.00 bits per heavy atom. The number of allylic oxidation sites excluding steroid dienone is 1. The van der Waals surface area contributed by atoms with Crippen LogP contribution in [0.25, 0.3) is 0 Å². The van der Waals surface area contributed by atoms with Crippen LogP contribution >= 0.6 is 0 Å². The van der Waals surface area contributed by atoms with E-state index < -0.39 is 0 Å². The third kappa shape index (κ3) is 7.50. The Kier molecular flexibility index (Phi) is 5.32. The van der Waals surface area contributed by atoms with Gasteiger partial charge in [-0.3, -0.25) is 0 Å². The van der Waals surface area contributed by atoms with Gasteiger partial charge in [-0.2, -0.15) is 0 Å². The fraction of sp³-hybridized carbons (Fsp3) is 0.714. The molecule has 54 valence electrons. The molecular weight excluding hydrogens is 114 g/mol. The number of unbranched alkanes of at least 4 members (excludes halogenated alkanes) is 2. The van der Waals surface area contributed by atoms with E-state index in [1.807, 2.05) is 0 Å². The minimum Gasteiger partial charge on any atom is -0.513 e. The molecule has 9 heavy (non-hydrogen) atoms. The second-order valence-corrected chi connectivity index (χ2v) is 2.17. The van der Waals surface area contributed by atoms with E-state index in [-0.39, 0.29) is 5.76 Å². The normalized spacial score (nSPS) is 9.44. The van der Waals surface area contributed by atoms with Crippen LogP contribution in [0, 0.1) is 0 Å². The molecule has 0 heterocycles. The van der Waals surface area contributed by atoms with Crippen molar-refractivity contribution in [1.29, 1.82) is 0 Å². The Balaban J connectivity index is 2.83. The Labute approximate surface area is 56.4 Å². The van der Waals surface area contributed by atoms with Crippen LogP contribution in [-0.2, 0) is 0 Å². The van der Waals surface area contributed by atoms with Gasteiger partial charge in [-0.1, -0.05) is 13.0 Å². The van der Waals surface area contributed by atoms with Crippen molar-refractivity contribution in [2.45, 2.75) is 25.7 Å². The molecule has 0 saturated carbocycles. The summed E-state index contributed by atoms with van der Waals surface area (Å²) in [4.78, 5) is 0. The van der Waals surface area contributed by atoms with Crippen molar-refractivity contribution in [3.63, 3.8) is 0 Å². The molecule has 2 nitrogen and oxygen atoms in total. The maximum Gasteiger partial charge on any atom is 0.0851 e. The zero-order valence-electron chi connectivity index (χ0n) is 5.77. The SMILES string of the molecule is C=C(O)CCCCCN. The molecule has 0 spiro atoms. The first-order valence-electron chi connectivity index (χ1n) is 3.34. The molecule has 0 bridgehead atoms. The summed E-state index contributed by atoms with van der Waals surface area (Å²) in [6, 6.07) is 0. The van der Waals surface area contributed by atoms with E-state index in [1.165, 1.54) is 0 Å². The largest absolute Gasteiger partial charge is 0.513 e. The van der Waals surface area contributed by atoms with Crippen LogP contribution < -0.4 is 5.73 Å². The maximum atomic E-state index is 8.63. The van der Waals surface area contributed by atoms with E-state index in [0.29, 0.717) is 0 Å². The van der Waals surface area contributed by atoms with Crippen molar-refractivity contribution in [3.8, 4) is 0 Å². The van der Waals surface area contributed by atoms with Gasteiger partial charge in [-0.15, -0.1) is 0 Å². The third-order valence-electron chi connectivity index (χ3n) is 1.17. The molecule has 0 rings (SSSR count). The van der Waals surface area contributed by atoms with Crippen LogP contribution in [-0.4, -0.2) is 11.7 Å². The Hall–Kier alpha value is -0.500. The summed E-state index contributed by atoms with van der Waals surface area (Å²) in [6.07, 6.45) is 3.87. The Morgan fingerprint density at radius 3 is 2.44 bits per heavy atom. The molecule has 0 atom stereocenters. The fourth-order valence-corrected chi connectivity index (χ4v) is 0.650. The average molecular weight is 129 g/mol. The topological polar surface area (TPSA) is 46.2 Å². The quantitative estimate of drug-likeness (QED) is 0.437. The van der Waals surface area contributed by atoms with Crippen molar-refractivity contribution in [2.75, 3.05) is 6.54 Å². The number of hydrogen-bond donors (Lipinski definition) is 2. The van der Waals surface area contributed by atoms with Crippen LogP contribution in [0.15, 0.2) is 12.3 Å². The van der Waals surface area contributed by atoms with E-state index in [9.17, 15) is 0 Å². The van der Waals surface area contributed by atoms with Crippen molar-refractivity contribution >= 4 is 0 Å². The number of rotatable bonds is 5. The first-order valence-corrected chi connectivity index (χ1v) is 3.34. The lowest BCUT2D eigenvalue weighted by molar-refractivity contribution is 0.384. The van der Waals surface area contributed by atoms with Crippen LogP contribution in [0.2, 0.25) is 0 Å². The predicted octanol–water partition coefficient (Wildman–Crippen LogP) is 1.58. The highest BCUT2D eigenvalue weighted by molar-refractivity contribution is 4.77. The zero-order chi connectivity index (χ0) is 7.11.